The average Bonchev–Trinajstić information content (AvgIpc) is 2.13. The van der Waals surface area contributed by atoms with Crippen molar-refractivity contribution in [1.29, 1.82) is 0 Å². The molecule has 0 fully saturated rings. The molecule has 1 N–H and O–H groups in total. The molecule has 15 heavy (non-hydrogen) atoms. The van der Waals surface area contributed by atoms with Crippen LogP contribution in [0.25, 0.3) is 0 Å². The first-order chi connectivity index (χ1) is 6.97. The van der Waals surface area contributed by atoms with E-state index in [0.29, 0.717) is 6.04 Å². The van der Waals surface area contributed by atoms with Gasteiger partial charge in [-0.15, -0.1) is 0 Å². The standard InChI is InChI=1S/C11H24F2N2/c1-5-6-14-9(2)7-10(3)15(4)8-11(12)13/h9-11,14H,5-8H2,1-4H3. The van der Waals surface area contributed by atoms with Crippen LogP contribution in [0, 0.1) is 0 Å². The maximum Gasteiger partial charge on any atom is 0.251 e. The van der Waals surface area contributed by atoms with Gasteiger partial charge >= 0.3 is 0 Å². The molecule has 0 aromatic heterocycles. The zero-order chi connectivity index (χ0) is 11.8. The molecule has 0 spiro atoms. The van der Waals surface area contributed by atoms with Gasteiger partial charge in [0, 0.05) is 12.1 Å². The predicted molar refractivity (Wildman–Crippen MR) is 60.5 cm³/mol. The molecular formula is C11H24F2N2. The molecule has 4 heteroatoms. The summed E-state index contributed by atoms with van der Waals surface area (Å²) in [4.78, 5) is 1.72. The molecular weight excluding hydrogens is 198 g/mol. The van der Waals surface area contributed by atoms with E-state index in [-0.39, 0.29) is 12.6 Å². The summed E-state index contributed by atoms with van der Waals surface area (Å²) in [5, 5.41) is 3.36. The Bertz CT molecular complexity index is 154. The molecule has 0 aromatic carbocycles. The van der Waals surface area contributed by atoms with Gasteiger partial charge in [-0.25, -0.2) is 8.78 Å². The highest BCUT2D eigenvalue weighted by Gasteiger charge is 2.16. The van der Waals surface area contributed by atoms with Crippen LogP contribution < -0.4 is 5.32 Å². The lowest BCUT2D eigenvalue weighted by Crippen LogP contribution is -2.38. The van der Waals surface area contributed by atoms with E-state index in [2.05, 4.69) is 19.2 Å². The minimum atomic E-state index is -2.24. The third-order valence-corrected chi connectivity index (χ3v) is 2.62. The second-order valence-corrected chi connectivity index (χ2v) is 4.27. The highest BCUT2D eigenvalue weighted by Crippen LogP contribution is 2.07. The molecule has 0 saturated carbocycles. The molecule has 2 unspecified atom stereocenters. The van der Waals surface area contributed by atoms with Crippen LogP contribution >= 0.6 is 0 Å². The second-order valence-electron chi connectivity index (χ2n) is 4.27. The topological polar surface area (TPSA) is 15.3 Å². The van der Waals surface area contributed by atoms with E-state index in [4.69, 9.17) is 0 Å². The summed E-state index contributed by atoms with van der Waals surface area (Å²) in [6.07, 6.45) is -0.231. The van der Waals surface area contributed by atoms with Gasteiger partial charge in [0.05, 0.1) is 6.54 Å². The smallest absolute Gasteiger partial charge is 0.251 e. The first kappa shape index (κ1) is 14.8. The molecule has 0 heterocycles. The Labute approximate surface area is 92.0 Å². The van der Waals surface area contributed by atoms with Crippen molar-refractivity contribution in [2.45, 2.75) is 52.1 Å². The summed E-state index contributed by atoms with van der Waals surface area (Å²) in [6.45, 7) is 7.06. The zero-order valence-electron chi connectivity index (χ0n) is 10.3. The zero-order valence-corrected chi connectivity index (χ0v) is 10.3. The fourth-order valence-corrected chi connectivity index (χ4v) is 1.56. The van der Waals surface area contributed by atoms with Crippen LogP contribution in [0.15, 0.2) is 0 Å². The molecule has 92 valence electrons. The fourth-order valence-electron chi connectivity index (χ4n) is 1.56. The van der Waals surface area contributed by atoms with E-state index < -0.39 is 6.43 Å². The van der Waals surface area contributed by atoms with Crippen LogP contribution in [0.1, 0.15) is 33.6 Å². The average molecular weight is 222 g/mol. The van der Waals surface area contributed by atoms with Crippen molar-refractivity contribution in [3.05, 3.63) is 0 Å². The van der Waals surface area contributed by atoms with Gasteiger partial charge in [0.25, 0.3) is 6.43 Å². The van der Waals surface area contributed by atoms with Gasteiger partial charge in [0.1, 0.15) is 0 Å². The summed E-state index contributed by atoms with van der Waals surface area (Å²) >= 11 is 0. The Morgan fingerprint density at radius 3 is 2.33 bits per heavy atom. The summed E-state index contributed by atoms with van der Waals surface area (Å²) in [6, 6.07) is 0.582. The van der Waals surface area contributed by atoms with E-state index in [1.54, 1.807) is 11.9 Å². The molecule has 0 rings (SSSR count). The molecule has 2 atom stereocenters. The van der Waals surface area contributed by atoms with Crippen molar-refractivity contribution < 1.29 is 8.78 Å². The van der Waals surface area contributed by atoms with Gasteiger partial charge in [-0.2, -0.15) is 0 Å². The number of hydrogen-bond acceptors (Lipinski definition) is 2. The van der Waals surface area contributed by atoms with Crippen molar-refractivity contribution >= 4 is 0 Å². The van der Waals surface area contributed by atoms with Crippen LogP contribution in [0.5, 0.6) is 0 Å². The quantitative estimate of drug-likeness (QED) is 0.678. The van der Waals surface area contributed by atoms with E-state index >= 15 is 0 Å². The highest BCUT2D eigenvalue weighted by molar-refractivity contribution is 4.71. The van der Waals surface area contributed by atoms with Crippen LogP contribution in [0.2, 0.25) is 0 Å². The number of nitrogens with zero attached hydrogens (tertiary/aromatic N) is 1. The van der Waals surface area contributed by atoms with Gasteiger partial charge in [-0.3, -0.25) is 4.90 Å². The lowest BCUT2D eigenvalue weighted by Gasteiger charge is -2.27. The third-order valence-electron chi connectivity index (χ3n) is 2.62. The normalized spacial score (nSPS) is 16.0. The van der Waals surface area contributed by atoms with Crippen LogP contribution in [-0.4, -0.2) is 43.5 Å². The summed E-state index contributed by atoms with van der Waals surface area (Å²) in [5.74, 6) is 0. The molecule has 2 nitrogen and oxygen atoms in total. The summed E-state index contributed by atoms with van der Waals surface area (Å²) < 4.78 is 24.3. The second kappa shape index (κ2) is 7.99. The van der Waals surface area contributed by atoms with E-state index in [9.17, 15) is 8.78 Å². The monoisotopic (exact) mass is 222 g/mol. The van der Waals surface area contributed by atoms with Crippen molar-refractivity contribution in [3.63, 3.8) is 0 Å². The molecule has 0 saturated heterocycles. The number of alkyl halides is 2. The molecule has 0 aliphatic rings. The minimum absolute atomic E-state index is 0.137. The fraction of sp³-hybridized carbons (Fsp3) is 1.00. The third kappa shape index (κ3) is 7.68. The van der Waals surface area contributed by atoms with Crippen molar-refractivity contribution in [2.75, 3.05) is 20.1 Å². The first-order valence-electron chi connectivity index (χ1n) is 5.69. The molecule has 0 radical (unpaired) electrons. The Morgan fingerprint density at radius 1 is 1.27 bits per heavy atom. The van der Waals surface area contributed by atoms with Gasteiger partial charge in [0.2, 0.25) is 0 Å². The highest BCUT2D eigenvalue weighted by atomic mass is 19.3. The molecule has 0 aliphatic heterocycles. The molecule has 0 aromatic rings. The van der Waals surface area contributed by atoms with Crippen molar-refractivity contribution in [1.82, 2.24) is 10.2 Å². The Morgan fingerprint density at radius 2 is 1.87 bits per heavy atom. The van der Waals surface area contributed by atoms with Crippen molar-refractivity contribution in [3.8, 4) is 0 Å². The van der Waals surface area contributed by atoms with E-state index in [0.717, 1.165) is 19.4 Å². The lowest BCUT2D eigenvalue weighted by atomic mass is 10.1. The van der Waals surface area contributed by atoms with Gasteiger partial charge in [-0.1, -0.05) is 6.92 Å². The first-order valence-corrected chi connectivity index (χ1v) is 5.69. The number of halogens is 2. The maximum atomic E-state index is 12.1. The Hall–Kier alpha value is -0.220. The summed E-state index contributed by atoms with van der Waals surface area (Å²) in [5.41, 5.74) is 0. The van der Waals surface area contributed by atoms with Crippen molar-refractivity contribution in [2.24, 2.45) is 0 Å². The van der Waals surface area contributed by atoms with Gasteiger partial charge in [-0.05, 0) is 40.3 Å². The van der Waals surface area contributed by atoms with Crippen LogP contribution in [0.4, 0.5) is 8.78 Å². The summed E-state index contributed by atoms with van der Waals surface area (Å²) in [7, 11) is 1.75. The predicted octanol–water partition coefficient (Wildman–Crippen LogP) is 2.35. The van der Waals surface area contributed by atoms with Gasteiger partial charge < -0.3 is 5.32 Å². The Balaban J connectivity index is 3.74. The number of nitrogens with one attached hydrogen (secondary N) is 1. The van der Waals surface area contributed by atoms with Crippen LogP contribution in [0.3, 0.4) is 0 Å². The largest absolute Gasteiger partial charge is 0.314 e. The van der Waals surface area contributed by atoms with Gasteiger partial charge in [0.15, 0.2) is 0 Å². The van der Waals surface area contributed by atoms with Crippen LogP contribution in [-0.2, 0) is 0 Å². The molecule has 0 bridgehead atoms. The van der Waals surface area contributed by atoms with E-state index in [1.807, 2.05) is 6.92 Å². The maximum absolute atomic E-state index is 12.1. The SMILES string of the molecule is CCCNC(C)CC(C)N(C)CC(F)F. The molecule has 0 amide bonds. The Kier molecular flexibility index (Phi) is 7.88. The lowest BCUT2D eigenvalue weighted by molar-refractivity contribution is 0.0803. The number of rotatable bonds is 8. The van der Waals surface area contributed by atoms with E-state index in [1.165, 1.54) is 0 Å². The number of hydrogen-bond donors (Lipinski definition) is 1. The molecule has 0 aliphatic carbocycles. The minimum Gasteiger partial charge on any atom is -0.314 e.